The highest BCUT2D eigenvalue weighted by Crippen LogP contribution is 2.19. The number of hydrogen-bond acceptors (Lipinski definition) is 3. The fourth-order valence-corrected chi connectivity index (χ4v) is 3.09. The first-order valence-corrected chi connectivity index (χ1v) is 9.25. The van der Waals surface area contributed by atoms with Crippen molar-refractivity contribution in [2.45, 2.75) is 20.1 Å². The van der Waals surface area contributed by atoms with Crippen LogP contribution in [0.25, 0.3) is 11.0 Å². The Kier molecular flexibility index (Phi) is 6.27. The molecule has 0 aliphatic heterocycles. The molecule has 2 aromatic carbocycles. The van der Waals surface area contributed by atoms with Crippen LogP contribution in [0.5, 0.6) is 5.75 Å². The fraction of sp³-hybridized carbons (Fsp3) is 0.217. The highest BCUT2D eigenvalue weighted by molar-refractivity contribution is 5.81. The molecule has 144 valence electrons. The summed E-state index contributed by atoms with van der Waals surface area (Å²) < 4.78 is 7.86. The molecule has 0 unspecified atom stereocenters. The summed E-state index contributed by atoms with van der Waals surface area (Å²) in [6.07, 6.45) is 3.43. The first-order chi connectivity index (χ1) is 13.6. The van der Waals surface area contributed by atoms with E-state index in [9.17, 15) is 4.79 Å². The topological polar surface area (TPSA) is 47.4 Å². The predicted octanol–water partition coefficient (Wildman–Crippen LogP) is 4.12. The first kappa shape index (κ1) is 19.4. The second kappa shape index (κ2) is 9.04. The van der Waals surface area contributed by atoms with Crippen molar-refractivity contribution in [1.82, 2.24) is 14.5 Å². The molecule has 1 heterocycles. The minimum atomic E-state index is -0.0141. The zero-order valence-electron chi connectivity index (χ0n) is 16.2. The van der Waals surface area contributed by atoms with E-state index in [4.69, 9.17) is 4.74 Å². The quantitative estimate of drug-likeness (QED) is 0.529. The molecule has 0 N–H and O–H groups in total. The molecule has 28 heavy (non-hydrogen) atoms. The van der Waals surface area contributed by atoms with Gasteiger partial charge in [-0.25, -0.2) is 4.98 Å². The lowest BCUT2D eigenvalue weighted by Gasteiger charge is -2.20. The van der Waals surface area contributed by atoms with Crippen molar-refractivity contribution >= 4 is 16.9 Å². The Labute approximate surface area is 165 Å². The van der Waals surface area contributed by atoms with Crippen LogP contribution >= 0.6 is 0 Å². The molecule has 0 saturated heterocycles. The third-order valence-corrected chi connectivity index (χ3v) is 4.44. The maximum Gasteiger partial charge on any atom is 0.243 e. The van der Waals surface area contributed by atoms with Gasteiger partial charge in [-0.2, -0.15) is 0 Å². The molecule has 0 fully saturated rings. The van der Waals surface area contributed by atoms with Crippen LogP contribution < -0.4 is 4.74 Å². The zero-order valence-corrected chi connectivity index (χ0v) is 16.2. The normalized spacial score (nSPS) is 10.6. The van der Waals surface area contributed by atoms with E-state index in [-0.39, 0.29) is 19.1 Å². The molecule has 3 rings (SSSR count). The number of aryl methyl sites for hydroxylation is 1. The van der Waals surface area contributed by atoms with Gasteiger partial charge in [-0.3, -0.25) is 4.79 Å². The van der Waals surface area contributed by atoms with Gasteiger partial charge in [0, 0.05) is 13.1 Å². The molecule has 0 spiro atoms. The summed E-state index contributed by atoms with van der Waals surface area (Å²) in [6.45, 7) is 10.9. The third kappa shape index (κ3) is 4.49. The molecular formula is C23H25N3O2. The van der Waals surface area contributed by atoms with Gasteiger partial charge in [0.1, 0.15) is 24.7 Å². The molecule has 0 aliphatic carbocycles. The Hall–Kier alpha value is -3.34. The van der Waals surface area contributed by atoms with Crippen molar-refractivity contribution in [3.05, 3.63) is 85.2 Å². The molecule has 5 nitrogen and oxygen atoms in total. The number of nitrogens with zero attached hydrogens (tertiary/aromatic N) is 3. The number of hydrogen-bond donors (Lipinski definition) is 0. The number of ether oxygens (including phenoxy) is 1. The SMILES string of the molecule is C=CCN(CC=C)C(=O)Cn1c(COc2cccc(C)c2)nc2ccccc21. The van der Waals surface area contributed by atoms with Gasteiger partial charge >= 0.3 is 0 Å². The second-order valence-corrected chi connectivity index (χ2v) is 6.58. The molecule has 0 atom stereocenters. The van der Waals surface area contributed by atoms with Crippen LogP contribution in [0.3, 0.4) is 0 Å². The minimum Gasteiger partial charge on any atom is -0.486 e. The van der Waals surface area contributed by atoms with Crippen LogP contribution in [0.2, 0.25) is 0 Å². The average molecular weight is 375 g/mol. The summed E-state index contributed by atoms with van der Waals surface area (Å²) in [5.74, 6) is 1.48. The Bertz CT molecular complexity index is 980. The highest BCUT2D eigenvalue weighted by Gasteiger charge is 2.17. The van der Waals surface area contributed by atoms with E-state index in [0.29, 0.717) is 18.9 Å². The number of amides is 1. The summed E-state index contributed by atoms with van der Waals surface area (Å²) in [4.78, 5) is 19.2. The van der Waals surface area contributed by atoms with Gasteiger partial charge < -0.3 is 14.2 Å². The standard InChI is InChI=1S/C23H25N3O2/c1-4-13-25(14-5-2)23(27)16-26-21-12-7-6-11-20(21)24-22(26)17-28-19-10-8-9-18(3)15-19/h4-12,15H,1-2,13-14,16-17H2,3H3. The summed E-state index contributed by atoms with van der Waals surface area (Å²) in [7, 11) is 0. The van der Waals surface area contributed by atoms with E-state index in [0.717, 1.165) is 22.3 Å². The first-order valence-electron chi connectivity index (χ1n) is 9.25. The number of benzene rings is 2. The summed E-state index contributed by atoms with van der Waals surface area (Å²) >= 11 is 0. The minimum absolute atomic E-state index is 0.0141. The molecule has 1 amide bonds. The fourth-order valence-electron chi connectivity index (χ4n) is 3.09. The Morgan fingerprint density at radius 1 is 1.14 bits per heavy atom. The van der Waals surface area contributed by atoms with Crippen molar-refractivity contribution in [3.63, 3.8) is 0 Å². The molecule has 5 heteroatoms. The molecular weight excluding hydrogens is 350 g/mol. The van der Waals surface area contributed by atoms with E-state index in [1.165, 1.54) is 0 Å². The van der Waals surface area contributed by atoms with Gasteiger partial charge in [-0.05, 0) is 36.8 Å². The van der Waals surface area contributed by atoms with Gasteiger partial charge in [0.25, 0.3) is 0 Å². The van der Waals surface area contributed by atoms with Crippen LogP contribution in [0, 0.1) is 6.92 Å². The van der Waals surface area contributed by atoms with Gasteiger partial charge in [0.2, 0.25) is 5.91 Å². The Morgan fingerprint density at radius 3 is 2.61 bits per heavy atom. The number of para-hydroxylation sites is 2. The molecule has 0 radical (unpaired) electrons. The van der Waals surface area contributed by atoms with Crippen LogP contribution in [-0.4, -0.2) is 33.4 Å². The molecule has 0 bridgehead atoms. The number of carbonyl (C=O) groups excluding carboxylic acids is 1. The molecule has 0 saturated carbocycles. The van der Waals surface area contributed by atoms with Crippen LogP contribution in [0.1, 0.15) is 11.4 Å². The third-order valence-electron chi connectivity index (χ3n) is 4.44. The smallest absolute Gasteiger partial charge is 0.243 e. The van der Waals surface area contributed by atoms with Gasteiger partial charge in [-0.15, -0.1) is 13.2 Å². The van der Waals surface area contributed by atoms with Crippen molar-refractivity contribution in [3.8, 4) is 5.75 Å². The van der Waals surface area contributed by atoms with E-state index in [1.54, 1.807) is 17.1 Å². The van der Waals surface area contributed by atoms with Crippen LogP contribution in [-0.2, 0) is 17.9 Å². The van der Waals surface area contributed by atoms with Crippen molar-refractivity contribution in [1.29, 1.82) is 0 Å². The van der Waals surface area contributed by atoms with Crippen molar-refractivity contribution in [2.24, 2.45) is 0 Å². The van der Waals surface area contributed by atoms with Gasteiger partial charge in [0.15, 0.2) is 0 Å². The van der Waals surface area contributed by atoms with Crippen molar-refractivity contribution in [2.75, 3.05) is 13.1 Å². The van der Waals surface area contributed by atoms with E-state index >= 15 is 0 Å². The van der Waals surface area contributed by atoms with Gasteiger partial charge in [-0.1, -0.05) is 36.4 Å². The van der Waals surface area contributed by atoms with E-state index in [1.807, 2.05) is 60.0 Å². The maximum absolute atomic E-state index is 12.8. The summed E-state index contributed by atoms with van der Waals surface area (Å²) in [5, 5.41) is 0. The number of imidazole rings is 1. The van der Waals surface area contributed by atoms with Crippen LogP contribution in [0.4, 0.5) is 0 Å². The lowest BCUT2D eigenvalue weighted by atomic mass is 10.2. The molecule has 1 aromatic heterocycles. The monoisotopic (exact) mass is 375 g/mol. The average Bonchev–Trinajstić information content (AvgIpc) is 3.04. The number of aromatic nitrogens is 2. The lowest BCUT2D eigenvalue weighted by molar-refractivity contribution is -0.130. The maximum atomic E-state index is 12.8. The predicted molar refractivity (Wildman–Crippen MR) is 112 cm³/mol. The summed E-state index contributed by atoms with van der Waals surface area (Å²) in [5.41, 5.74) is 2.89. The Balaban J connectivity index is 1.87. The van der Waals surface area contributed by atoms with Crippen molar-refractivity contribution < 1.29 is 9.53 Å². The number of rotatable bonds is 9. The molecule has 0 aliphatic rings. The number of fused-ring (bicyclic) bond motifs is 1. The summed E-state index contributed by atoms with van der Waals surface area (Å²) in [6, 6.07) is 15.7. The van der Waals surface area contributed by atoms with E-state index in [2.05, 4.69) is 18.1 Å². The lowest BCUT2D eigenvalue weighted by Crippen LogP contribution is -2.34. The Morgan fingerprint density at radius 2 is 1.89 bits per heavy atom. The molecule has 3 aromatic rings. The van der Waals surface area contributed by atoms with Crippen LogP contribution in [0.15, 0.2) is 73.8 Å². The van der Waals surface area contributed by atoms with Gasteiger partial charge in [0.05, 0.1) is 11.0 Å². The number of carbonyl (C=O) groups is 1. The highest BCUT2D eigenvalue weighted by atomic mass is 16.5. The second-order valence-electron chi connectivity index (χ2n) is 6.58. The largest absolute Gasteiger partial charge is 0.486 e. The zero-order chi connectivity index (χ0) is 19.9. The van der Waals surface area contributed by atoms with E-state index < -0.39 is 0 Å².